The molecule has 0 saturated heterocycles. The molecule has 3 N–H and O–H groups in total. The van der Waals surface area contributed by atoms with E-state index in [1.807, 2.05) is 0 Å². The third kappa shape index (κ3) is 8.42. The van der Waals surface area contributed by atoms with Crippen LogP contribution in [-0.2, 0) is 16.0 Å². The van der Waals surface area contributed by atoms with Crippen molar-refractivity contribution in [1.82, 2.24) is 5.32 Å². The van der Waals surface area contributed by atoms with E-state index in [4.69, 9.17) is 24.7 Å². The molecule has 11 heteroatoms. The zero-order chi connectivity index (χ0) is 29.8. The molecule has 2 amide bonds. The molecule has 0 radical (unpaired) electrons. The molecule has 3 aromatic carbocycles. The zero-order valence-corrected chi connectivity index (χ0v) is 23.3. The molecule has 0 atom stereocenters. The van der Waals surface area contributed by atoms with Crippen molar-refractivity contribution in [3.63, 3.8) is 0 Å². The topological polar surface area (TPSA) is 129 Å². The first-order valence-corrected chi connectivity index (χ1v) is 13.0. The van der Waals surface area contributed by atoms with Gasteiger partial charge in [0, 0.05) is 25.9 Å². The average Bonchev–Trinajstić information content (AvgIpc) is 2.96. The number of nitrogens with zero attached hydrogens (tertiary/aromatic N) is 1. The fraction of sp³-hybridized carbons (Fsp3) is 0.300. The van der Waals surface area contributed by atoms with Gasteiger partial charge in [0.1, 0.15) is 24.0 Å². The molecule has 0 heterocycles. The van der Waals surface area contributed by atoms with Crippen LogP contribution in [0.2, 0.25) is 0 Å². The summed E-state index contributed by atoms with van der Waals surface area (Å²) in [7, 11) is 2.91. The number of primary amides is 1. The highest BCUT2D eigenvalue weighted by atomic mass is 19.1. The Kier molecular flexibility index (Phi) is 11.5. The number of hydrogen-bond acceptors (Lipinski definition) is 8. The maximum atomic E-state index is 14.4. The number of ether oxygens (including phenoxy) is 4. The van der Waals surface area contributed by atoms with E-state index in [2.05, 4.69) is 5.32 Å². The largest absolute Gasteiger partial charge is 0.495 e. The van der Waals surface area contributed by atoms with Gasteiger partial charge >= 0.3 is 12.0 Å². The van der Waals surface area contributed by atoms with Crippen molar-refractivity contribution in [3.8, 4) is 17.2 Å². The van der Waals surface area contributed by atoms with Crippen LogP contribution in [-0.4, -0.2) is 58.3 Å². The van der Waals surface area contributed by atoms with Crippen molar-refractivity contribution >= 4 is 29.2 Å². The van der Waals surface area contributed by atoms with Gasteiger partial charge < -0.3 is 30.0 Å². The predicted molar refractivity (Wildman–Crippen MR) is 152 cm³/mol. The number of nitrogens with one attached hydrogen (secondary N) is 1. The Morgan fingerprint density at radius 1 is 0.902 bits per heavy atom. The van der Waals surface area contributed by atoms with Crippen molar-refractivity contribution in [2.75, 3.05) is 45.4 Å². The predicted octanol–water partition coefficient (Wildman–Crippen LogP) is 4.41. The number of ketones is 1. The Morgan fingerprint density at radius 3 is 2.34 bits per heavy atom. The number of para-hydroxylation sites is 1. The van der Waals surface area contributed by atoms with E-state index in [-0.39, 0.29) is 42.4 Å². The standard InChI is InChI=1S/C30H34FN3O7/c1-4-40-29(36)21-10-12-26(28(19-21)39-3)41-16-15-33-14-13-22(35)17-20-9-11-25(27(18-20)38-2)34(30(32)37)24-8-6-5-7-23(24)31/h5-12,18-19,33H,4,13-17H2,1-3H3,(H2,32,37). The monoisotopic (exact) mass is 567 g/mol. The third-order valence-corrected chi connectivity index (χ3v) is 5.99. The molecular weight excluding hydrogens is 533 g/mol. The van der Waals surface area contributed by atoms with Crippen molar-refractivity contribution in [1.29, 1.82) is 0 Å². The summed E-state index contributed by atoms with van der Waals surface area (Å²) in [5.74, 6) is 0.120. The molecule has 0 aliphatic heterocycles. The molecule has 0 spiro atoms. The molecule has 0 saturated carbocycles. The summed E-state index contributed by atoms with van der Waals surface area (Å²) < 4.78 is 35.9. The van der Waals surface area contributed by atoms with Crippen LogP contribution in [0.15, 0.2) is 60.7 Å². The number of halogens is 1. The molecule has 3 rings (SSSR count). The highest BCUT2D eigenvalue weighted by Gasteiger charge is 2.22. The minimum atomic E-state index is -0.876. The number of benzene rings is 3. The Bertz CT molecular complexity index is 1370. The fourth-order valence-corrected chi connectivity index (χ4v) is 4.05. The van der Waals surface area contributed by atoms with Gasteiger partial charge in [0.25, 0.3) is 0 Å². The van der Waals surface area contributed by atoms with Crippen LogP contribution in [0, 0.1) is 5.82 Å². The van der Waals surface area contributed by atoms with Gasteiger partial charge in [-0.3, -0.25) is 9.69 Å². The van der Waals surface area contributed by atoms with E-state index in [9.17, 15) is 18.8 Å². The fourth-order valence-electron chi connectivity index (χ4n) is 4.05. The van der Waals surface area contributed by atoms with E-state index in [1.165, 1.54) is 32.4 Å². The third-order valence-electron chi connectivity index (χ3n) is 5.99. The number of anilines is 2. The molecule has 10 nitrogen and oxygen atoms in total. The van der Waals surface area contributed by atoms with Gasteiger partial charge in [-0.2, -0.15) is 0 Å². The van der Waals surface area contributed by atoms with Crippen molar-refractivity contribution in [2.45, 2.75) is 19.8 Å². The number of rotatable bonds is 15. The SMILES string of the molecule is CCOC(=O)c1ccc(OCCNCCC(=O)Cc2ccc(N(C(N)=O)c3ccccc3F)c(OC)c2)c(OC)c1. The quantitative estimate of drug-likeness (QED) is 0.204. The second-order valence-electron chi connectivity index (χ2n) is 8.78. The summed E-state index contributed by atoms with van der Waals surface area (Å²) in [5, 5.41) is 3.16. The Labute approximate surface area is 238 Å². The van der Waals surface area contributed by atoms with Gasteiger partial charge in [0.15, 0.2) is 11.5 Å². The van der Waals surface area contributed by atoms with Crippen molar-refractivity contribution in [3.05, 3.63) is 77.6 Å². The minimum absolute atomic E-state index is 0.00898. The molecule has 0 fully saturated rings. The summed E-state index contributed by atoms with van der Waals surface area (Å²) in [5.41, 5.74) is 6.84. The number of nitrogens with two attached hydrogens (primary N) is 1. The normalized spacial score (nSPS) is 10.5. The number of methoxy groups -OCH3 is 2. The van der Waals surface area contributed by atoms with Gasteiger partial charge in [-0.05, 0) is 55.0 Å². The summed E-state index contributed by atoms with van der Waals surface area (Å²) in [4.78, 5) is 37.7. The van der Waals surface area contributed by atoms with Crippen LogP contribution in [0.25, 0.3) is 0 Å². The Hall–Kier alpha value is -4.64. The Morgan fingerprint density at radius 2 is 1.66 bits per heavy atom. The van der Waals surface area contributed by atoms with Crippen LogP contribution >= 0.6 is 0 Å². The number of urea groups is 1. The van der Waals surface area contributed by atoms with Gasteiger partial charge in [-0.15, -0.1) is 0 Å². The van der Waals surface area contributed by atoms with Gasteiger partial charge in [-0.25, -0.2) is 14.0 Å². The van der Waals surface area contributed by atoms with E-state index in [0.29, 0.717) is 42.3 Å². The summed E-state index contributed by atoms with van der Waals surface area (Å²) in [6.07, 6.45) is 0.430. The minimum Gasteiger partial charge on any atom is -0.495 e. The first-order chi connectivity index (χ1) is 19.8. The van der Waals surface area contributed by atoms with E-state index in [0.717, 1.165) is 4.90 Å². The molecule has 218 valence electrons. The van der Waals surface area contributed by atoms with E-state index < -0.39 is 17.8 Å². The summed E-state index contributed by atoms with van der Waals surface area (Å²) >= 11 is 0. The average molecular weight is 568 g/mol. The van der Waals surface area contributed by atoms with Crippen molar-refractivity contribution in [2.24, 2.45) is 5.73 Å². The lowest BCUT2D eigenvalue weighted by molar-refractivity contribution is -0.118. The first-order valence-electron chi connectivity index (χ1n) is 13.0. The number of hydrogen-bond donors (Lipinski definition) is 2. The lowest BCUT2D eigenvalue weighted by Crippen LogP contribution is -2.32. The number of Topliss-reactive ketones (excluding diaryl/α,β-unsaturated/α-hetero) is 1. The highest BCUT2D eigenvalue weighted by molar-refractivity contribution is 6.00. The van der Waals surface area contributed by atoms with Crippen LogP contribution in [0.1, 0.15) is 29.3 Å². The number of esters is 1. The van der Waals surface area contributed by atoms with E-state index in [1.54, 1.807) is 49.4 Å². The van der Waals surface area contributed by atoms with Crippen LogP contribution in [0.5, 0.6) is 17.2 Å². The smallest absolute Gasteiger partial charge is 0.338 e. The van der Waals surface area contributed by atoms with Gasteiger partial charge in [-0.1, -0.05) is 18.2 Å². The Balaban J connectivity index is 1.49. The molecule has 0 bridgehead atoms. The van der Waals surface area contributed by atoms with Crippen LogP contribution in [0.4, 0.5) is 20.6 Å². The molecule has 41 heavy (non-hydrogen) atoms. The lowest BCUT2D eigenvalue weighted by atomic mass is 10.1. The molecule has 0 aliphatic carbocycles. The maximum absolute atomic E-state index is 14.4. The zero-order valence-electron chi connectivity index (χ0n) is 23.3. The molecule has 3 aromatic rings. The molecule has 0 aliphatic rings. The second kappa shape index (κ2) is 15.2. The number of amides is 2. The second-order valence-corrected chi connectivity index (χ2v) is 8.78. The lowest BCUT2D eigenvalue weighted by Gasteiger charge is -2.23. The molecule has 0 unspecified atom stereocenters. The maximum Gasteiger partial charge on any atom is 0.338 e. The summed E-state index contributed by atoms with van der Waals surface area (Å²) in [6, 6.07) is 14.6. The van der Waals surface area contributed by atoms with E-state index >= 15 is 0 Å². The number of carbonyl (C=O) groups is 3. The highest BCUT2D eigenvalue weighted by Crippen LogP contribution is 2.36. The van der Waals surface area contributed by atoms with Crippen molar-refractivity contribution < 1.29 is 37.7 Å². The molecule has 0 aromatic heterocycles. The van der Waals surface area contributed by atoms with Crippen LogP contribution in [0.3, 0.4) is 0 Å². The summed E-state index contributed by atoms with van der Waals surface area (Å²) in [6.45, 7) is 3.26. The number of carbonyl (C=O) groups excluding carboxylic acids is 3. The van der Waals surface area contributed by atoms with Crippen LogP contribution < -0.4 is 30.2 Å². The molecular formula is C30H34FN3O7. The van der Waals surface area contributed by atoms with Gasteiger partial charge in [0.2, 0.25) is 0 Å². The first kappa shape index (κ1) is 30.9. The van der Waals surface area contributed by atoms with Gasteiger partial charge in [0.05, 0.1) is 37.8 Å².